The average Bonchev–Trinajstić information content (AvgIpc) is 3.13. The Morgan fingerprint density at radius 2 is 1.88 bits per heavy atom. The third-order valence-corrected chi connectivity index (χ3v) is 7.82. The van der Waals surface area contributed by atoms with Gasteiger partial charge < -0.3 is 14.6 Å². The highest BCUT2D eigenvalue weighted by atomic mass is 35.5. The molecule has 0 amide bonds. The molecular formula is C28H34ClN3O2. The fourth-order valence-corrected chi connectivity index (χ4v) is 6.05. The van der Waals surface area contributed by atoms with Gasteiger partial charge in [-0.25, -0.2) is 4.79 Å². The van der Waals surface area contributed by atoms with E-state index < -0.39 is 5.97 Å². The molecule has 5 nitrogen and oxygen atoms in total. The number of halogens is 1. The number of benzene rings is 2. The molecule has 5 rings (SSSR count). The van der Waals surface area contributed by atoms with Gasteiger partial charge in [-0.05, 0) is 68.2 Å². The maximum atomic E-state index is 11.8. The van der Waals surface area contributed by atoms with Gasteiger partial charge in [-0.1, -0.05) is 43.0 Å². The van der Waals surface area contributed by atoms with Crippen LogP contribution in [0.5, 0.6) is 0 Å². The SMILES string of the molecule is CN(C)CCN1CCn2c(c(C3CCCCC3)c3ccc(C(=O)O)cc32)-c2ccc(Cl)cc2C1. The van der Waals surface area contributed by atoms with Gasteiger partial charge in [0.25, 0.3) is 0 Å². The zero-order valence-corrected chi connectivity index (χ0v) is 20.9. The molecule has 34 heavy (non-hydrogen) atoms. The van der Waals surface area contributed by atoms with E-state index in [9.17, 15) is 9.90 Å². The molecular weight excluding hydrogens is 446 g/mol. The molecule has 0 radical (unpaired) electrons. The number of hydrogen-bond donors (Lipinski definition) is 1. The number of nitrogens with zero attached hydrogens (tertiary/aromatic N) is 3. The molecule has 1 aromatic heterocycles. The summed E-state index contributed by atoms with van der Waals surface area (Å²) in [6.07, 6.45) is 6.22. The molecule has 1 fully saturated rings. The zero-order valence-electron chi connectivity index (χ0n) is 20.2. The summed E-state index contributed by atoms with van der Waals surface area (Å²) < 4.78 is 2.40. The number of likely N-dealkylation sites (N-methyl/N-ethyl adjacent to an activating group) is 1. The highest BCUT2D eigenvalue weighted by molar-refractivity contribution is 6.30. The molecule has 1 saturated carbocycles. The van der Waals surface area contributed by atoms with Crippen molar-refractivity contribution >= 4 is 28.5 Å². The summed E-state index contributed by atoms with van der Waals surface area (Å²) in [5.41, 5.74) is 6.59. The summed E-state index contributed by atoms with van der Waals surface area (Å²) in [6.45, 7) is 4.60. The van der Waals surface area contributed by atoms with Gasteiger partial charge in [0, 0.05) is 54.2 Å². The summed E-state index contributed by atoms with van der Waals surface area (Å²) >= 11 is 6.50. The van der Waals surface area contributed by atoms with Crippen LogP contribution in [0.1, 0.15) is 59.5 Å². The van der Waals surface area contributed by atoms with Crippen molar-refractivity contribution in [2.24, 2.45) is 0 Å². The van der Waals surface area contributed by atoms with Crippen LogP contribution in [0.15, 0.2) is 36.4 Å². The molecule has 1 aliphatic heterocycles. The number of aromatic nitrogens is 1. The minimum atomic E-state index is -0.873. The second-order valence-electron chi connectivity index (χ2n) is 10.2. The van der Waals surface area contributed by atoms with Gasteiger partial charge in [-0.15, -0.1) is 0 Å². The topological polar surface area (TPSA) is 48.7 Å². The first-order chi connectivity index (χ1) is 16.4. The van der Waals surface area contributed by atoms with Gasteiger partial charge in [-0.2, -0.15) is 0 Å². The van der Waals surface area contributed by atoms with E-state index in [4.69, 9.17) is 11.6 Å². The molecule has 0 bridgehead atoms. The summed E-state index contributed by atoms with van der Waals surface area (Å²) in [7, 11) is 4.21. The Balaban J connectivity index is 1.73. The normalized spacial score (nSPS) is 17.4. The van der Waals surface area contributed by atoms with E-state index in [0.29, 0.717) is 11.5 Å². The van der Waals surface area contributed by atoms with Crippen LogP contribution < -0.4 is 0 Å². The summed E-state index contributed by atoms with van der Waals surface area (Å²) in [4.78, 5) is 16.6. The molecule has 0 atom stereocenters. The van der Waals surface area contributed by atoms with Gasteiger partial charge in [0.2, 0.25) is 0 Å². The Bertz CT molecular complexity index is 1210. The van der Waals surface area contributed by atoms with Gasteiger partial charge in [-0.3, -0.25) is 4.90 Å². The fourth-order valence-electron chi connectivity index (χ4n) is 5.85. The lowest BCUT2D eigenvalue weighted by atomic mass is 9.81. The van der Waals surface area contributed by atoms with E-state index in [0.717, 1.165) is 43.3 Å². The Morgan fingerprint density at radius 3 is 2.62 bits per heavy atom. The quantitative estimate of drug-likeness (QED) is 0.481. The van der Waals surface area contributed by atoms with Gasteiger partial charge >= 0.3 is 5.97 Å². The maximum Gasteiger partial charge on any atom is 0.335 e. The minimum absolute atomic E-state index is 0.353. The smallest absolute Gasteiger partial charge is 0.335 e. The lowest BCUT2D eigenvalue weighted by Gasteiger charge is -2.30. The monoisotopic (exact) mass is 479 g/mol. The molecule has 2 heterocycles. The second-order valence-corrected chi connectivity index (χ2v) is 10.6. The number of fused-ring (bicyclic) bond motifs is 5. The minimum Gasteiger partial charge on any atom is -0.478 e. The molecule has 6 heteroatoms. The zero-order chi connectivity index (χ0) is 23.8. The first-order valence-corrected chi connectivity index (χ1v) is 12.9. The Hall–Kier alpha value is -2.34. The van der Waals surface area contributed by atoms with Crippen molar-refractivity contribution in [3.8, 4) is 11.3 Å². The standard InChI is InChI=1S/C28H34ClN3O2/c1-30(2)12-13-31-14-15-32-25-17-20(28(33)34)8-10-24(25)26(19-6-4-3-5-7-19)27(32)23-11-9-22(29)16-21(23)18-31/h8-11,16-17,19H,3-7,12-15,18H2,1-2H3,(H,33,34). The van der Waals surface area contributed by atoms with Crippen molar-refractivity contribution in [2.45, 2.75) is 51.1 Å². The Kier molecular flexibility index (Phi) is 6.70. The van der Waals surface area contributed by atoms with E-state index >= 15 is 0 Å². The van der Waals surface area contributed by atoms with Crippen LogP contribution in [0, 0.1) is 0 Å². The van der Waals surface area contributed by atoms with Crippen LogP contribution in [0.25, 0.3) is 22.2 Å². The van der Waals surface area contributed by atoms with Gasteiger partial charge in [0.15, 0.2) is 0 Å². The van der Waals surface area contributed by atoms with E-state index in [1.807, 2.05) is 12.1 Å². The fraction of sp³-hybridized carbons (Fsp3) is 0.464. The number of carboxylic acid groups (broad SMARTS) is 1. The van der Waals surface area contributed by atoms with Crippen LogP contribution in [0.3, 0.4) is 0 Å². The molecule has 0 unspecified atom stereocenters. The largest absolute Gasteiger partial charge is 0.478 e. The van der Waals surface area contributed by atoms with Crippen LogP contribution in [0.4, 0.5) is 0 Å². The van der Waals surface area contributed by atoms with Crippen molar-refractivity contribution in [1.29, 1.82) is 0 Å². The van der Waals surface area contributed by atoms with Crippen molar-refractivity contribution in [3.05, 3.63) is 58.1 Å². The third-order valence-electron chi connectivity index (χ3n) is 7.58. The lowest BCUT2D eigenvalue weighted by Crippen LogP contribution is -2.35. The number of carbonyl (C=O) groups is 1. The Morgan fingerprint density at radius 1 is 1.09 bits per heavy atom. The van der Waals surface area contributed by atoms with Crippen LogP contribution in [-0.4, -0.2) is 59.2 Å². The molecule has 1 aliphatic carbocycles. The molecule has 3 aromatic rings. The van der Waals surface area contributed by atoms with Gasteiger partial charge in [0.05, 0.1) is 11.3 Å². The van der Waals surface area contributed by atoms with E-state index in [-0.39, 0.29) is 0 Å². The molecule has 1 N–H and O–H groups in total. The number of carboxylic acids is 1. The molecule has 180 valence electrons. The van der Waals surface area contributed by atoms with Crippen LogP contribution >= 0.6 is 11.6 Å². The predicted octanol–water partition coefficient (Wildman–Crippen LogP) is 6.08. The van der Waals surface area contributed by atoms with E-state index in [1.54, 1.807) is 6.07 Å². The third kappa shape index (κ3) is 4.49. The molecule has 0 spiro atoms. The first-order valence-electron chi connectivity index (χ1n) is 12.5. The summed E-state index contributed by atoms with van der Waals surface area (Å²) in [6, 6.07) is 12.0. The van der Waals surface area contributed by atoms with Crippen molar-refractivity contribution < 1.29 is 9.90 Å². The number of aromatic carboxylic acids is 1. The number of rotatable bonds is 5. The van der Waals surface area contributed by atoms with Crippen molar-refractivity contribution in [1.82, 2.24) is 14.4 Å². The van der Waals surface area contributed by atoms with E-state index in [2.05, 4.69) is 46.7 Å². The first kappa shape index (κ1) is 23.4. The molecule has 2 aromatic carbocycles. The second kappa shape index (κ2) is 9.73. The van der Waals surface area contributed by atoms with Crippen LogP contribution in [0.2, 0.25) is 5.02 Å². The Labute approximate surface area is 206 Å². The highest BCUT2D eigenvalue weighted by Crippen LogP contribution is 2.46. The van der Waals surface area contributed by atoms with Crippen molar-refractivity contribution in [3.63, 3.8) is 0 Å². The maximum absolute atomic E-state index is 11.8. The molecule has 2 aliphatic rings. The lowest BCUT2D eigenvalue weighted by molar-refractivity contribution is 0.0697. The molecule has 0 saturated heterocycles. The van der Waals surface area contributed by atoms with E-state index in [1.165, 1.54) is 59.9 Å². The average molecular weight is 480 g/mol. The predicted molar refractivity (Wildman–Crippen MR) is 139 cm³/mol. The van der Waals surface area contributed by atoms with Crippen molar-refractivity contribution in [2.75, 3.05) is 33.7 Å². The summed E-state index contributed by atoms with van der Waals surface area (Å²) in [5, 5.41) is 11.7. The number of hydrogen-bond acceptors (Lipinski definition) is 3. The highest BCUT2D eigenvalue weighted by Gasteiger charge is 2.29. The van der Waals surface area contributed by atoms with Gasteiger partial charge in [0.1, 0.15) is 0 Å². The van der Waals surface area contributed by atoms with Crippen LogP contribution in [-0.2, 0) is 13.1 Å². The summed E-state index contributed by atoms with van der Waals surface area (Å²) in [5.74, 6) is -0.363.